The molecule has 1 N–H and O–H groups in total. The van der Waals surface area contributed by atoms with Crippen molar-refractivity contribution < 1.29 is 14.7 Å². The second-order valence-electron chi connectivity index (χ2n) is 8.25. The quantitative estimate of drug-likeness (QED) is 0.859. The number of likely N-dealkylation sites (tertiary alicyclic amines) is 1. The first-order chi connectivity index (χ1) is 11.9. The standard InChI is InChI=1S/C21H29NO3/c1-15(2)13-17-5-3-16(4-6-17)7-8-19(23)22-11-9-21(10-12-22)14-18(21)20(24)25/h3-6,15,18H,7-14H2,1-2H3,(H,24,25). The lowest BCUT2D eigenvalue weighted by Gasteiger charge is -2.32. The van der Waals surface area contributed by atoms with Crippen LogP contribution in [-0.4, -0.2) is 35.0 Å². The zero-order valence-electron chi connectivity index (χ0n) is 15.3. The Morgan fingerprint density at radius 2 is 1.76 bits per heavy atom. The van der Waals surface area contributed by atoms with Crippen molar-refractivity contribution in [2.75, 3.05) is 13.1 Å². The molecule has 1 aromatic carbocycles. The summed E-state index contributed by atoms with van der Waals surface area (Å²) in [6.45, 7) is 5.87. The van der Waals surface area contributed by atoms with Gasteiger partial charge in [-0.15, -0.1) is 0 Å². The number of hydrogen-bond donors (Lipinski definition) is 1. The number of carbonyl (C=O) groups excluding carboxylic acids is 1. The third kappa shape index (κ3) is 4.23. The third-order valence-corrected chi connectivity index (χ3v) is 5.89. The second kappa shape index (κ2) is 7.19. The minimum atomic E-state index is -0.666. The number of piperidine rings is 1. The van der Waals surface area contributed by atoms with Crippen LogP contribution in [0.1, 0.15) is 50.7 Å². The van der Waals surface area contributed by atoms with Crippen molar-refractivity contribution in [2.45, 2.75) is 52.4 Å². The van der Waals surface area contributed by atoms with E-state index in [1.165, 1.54) is 11.1 Å². The van der Waals surface area contributed by atoms with Gasteiger partial charge in [-0.05, 0) is 54.6 Å². The van der Waals surface area contributed by atoms with Crippen molar-refractivity contribution >= 4 is 11.9 Å². The van der Waals surface area contributed by atoms with Crippen LogP contribution in [0.4, 0.5) is 0 Å². The van der Waals surface area contributed by atoms with Gasteiger partial charge in [0.15, 0.2) is 0 Å². The van der Waals surface area contributed by atoms with Gasteiger partial charge in [-0.3, -0.25) is 9.59 Å². The smallest absolute Gasteiger partial charge is 0.307 e. The van der Waals surface area contributed by atoms with Crippen molar-refractivity contribution in [3.8, 4) is 0 Å². The summed E-state index contributed by atoms with van der Waals surface area (Å²) in [6, 6.07) is 8.61. The molecule has 1 aromatic rings. The number of amides is 1. The molecule has 25 heavy (non-hydrogen) atoms. The summed E-state index contributed by atoms with van der Waals surface area (Å²) in [5, 5.41) is 9.14. The van der Waals surface area contributed by atoms with Gasteiger partial charge in [-0.1, -0.05) is 38.1 Å². The zero-order valence-corrected chi connectivity index (χ0v) is 15.3. The van der Waals surface area contributed by atoms with Gasteiger partial charge in [0.2, 0.25) is 5.91 Å². The first-order valence-corrected chi connectivity index (χ1v) is 9.48. The predicted octanol–water partition coefficient (Wildman–Crippen LogP) is 3.53. The Morgan fingerprint density at radius 1 is 1.16 bits per heavy atom. The van der Waals surface area contributed by atoms with Gasteiger partial charge in [0.05, 0.1) is 5.92 Å². The van der Waals surface area contributed by atoms with Crippen molar-refractivity contribution in [1.82, 2.24) is 4.90 Å². The van der Waals surface area contributed by atoms with Gasteiger partial charge in [0.1, 0.15) is 0 Å². The molecule has 136 valence electrons. The highest BCUT2D eigenvalue weighted by atomic mass is 16.4. The fourth-order valence-corrected chi connectivity index (χ4v) is 4.17. The number of rotatable bonds is 6. The van der Waals surface area contributed by atoms with Gasteiger partial charge in [0.25, 0.3) is 0 Å². The summed E-state index contributed by atoms with van der Waals surface area (Å²) in [7, 11) is 0. The van der Waals surface area contributed by atoms with E-state index in [1.54, 1.807) is 0 Å². The Morgan fingerprint density at radius 3 is 2.28 bits per heavy atom. The van der Waals surface area contributed by atoms with Gasteiger partial charge in [-0.2, -0.15) is 0 Å². The minimum Gasteiger partial charge on any atom is -0.481 e. The Balaban J connectivity index is 1.43. The van der Waals surface area contributed by atoms with Crippen molar-refractivity contribution in [3.05, 3.63) is 35.4 Å². The van der Waals surface area contributed by atoms with Crippen LogP contribution in [0, 0.1) is 17.3 Å². The van der Waals surface area contributed by atoms with Crippen LogP contribution in [0.15, 0.2) is 24.3 Å². The molecule has 0 aromatic heterocycles. The van der Waals surface area contributed by atoms with E-state index < -0.39 is 5.97 Å². The van der Waals surface area contributed by atoms with Crippen molar-refractivity contribution in [3.63, 3.8) is 0 Å². The molecule has 2 aliphatic rings. The first kappa shape index (κ1) is 18.0. The molecule has 4 nitrogen and oxygen atoms in total. The molecule has 1 amide bonds. The van der Waals surface area contributed by atoms with Crippen LogP contribution in [0.25, 0.3) is 0 Å². The van der Waals surface area contributed by atoms with E-state index in [0.717, 1.165) is 45.2 Å². The molecule has 1 atom stereocenters. The molecule has 1 unspecified atom stereocenters. The van der Waals surface area contributed by atoms with E-state index in [4.69, 9.17) is 5.11 Å². The lowest BCUT2D eigenvalue weighted by atomic mass is 9.90. The van der Waals surface area contributed by atoms with Crippen LogP contribution in [-0.2, 0) is 22.4 Å². The average molecular weight is 343 g/mol. The lowest BCUT2D eigenvalue weighted by Crippen LogP contribution is -2.40. The molecule has 3 rings (SSSR count). The topological polar surface area (TPSA) is 57.6 Å². The largest absolute Gasteiger partial charge is 0.481 e. The number of hydrogen-bond acceptors (Lipinski definition) is 2. The highest BCUT2D eigenvalue weighted by molar-refractivity contribution is 5.77. The summed E-state index contributed by atoms with van der Waals surface area (Å²) < 4.78 is 0. The Kier molecular flexibility index (Phi) is 5.16. The fraction of sp³-hybridized carbons (Fsp3) is 0.619. The molecular formula is C21H29NO3. The van der Waals surface area contributed by atoms with Crippen LogP contribution >= 0.6 is 0 Å². The van der Waals surface area contributed by atoms with E-state index in [9.17, 15) is 9.59 Å². The normalized spacial score (nSPS) is 21.6. The number of carboxylic acid groups (broad SMARTS) is 1. The number of nitrogens with zero attached hydrogens (tertiary/aromatic N) is 1. The fourth-order valence-electron chi connectivity index (χ4n) is 4.17. The number of carboxylic acids is 1. The Labute approximate surface area is 150 Å². The van der Waals surface area contributed by atoms with E-state index in [-0.39, 0.29) is 17.2 Å². The van der Waals surface area contributed by atoms with Crippen molar-refractivity contribution in [2.24, 2.45) is 17.3 Å². The Hall–Kier alpha value is -1.84. The van der Waals surface area contributed by atoms with E-state index in [1.807, 2.05) is 4.90 Å². The monoisotopic (exact) mass is 343 g/mol. The van der Waals surface area contributed by atoms with Gasteiger partial charge >= 0.3 is 5.97 Å². The maximum Gasteiger partial charge on any atom is 0.307 e. The van der Waals surface area contributed by atoms with Gasteiger partial charge in [0, 0.05) is 19.5 Å². The van der Waals surface area contributed by atoms with Crippen LogP contribution < -0.4 is 0 Å². The van der Waals surface area contributed by atoms with Crippen molar-refractivity contribution in [1.29, 1.82) is 0 Å². The molecule has 1 aliphatic heterocycles. The summed E-state index contributed by atoms with van der Waals surface area (Å²) in [6.07, 6.45) is 4.90. The van der Waals surface area contributed by atoms with Crippen LogP contribution in [0.2, 0.25) is 0 Å². The van der Waals surface area contributed by atoms with E-state index in [2.05, 4.69) is 38.1 Å². The molecule has 1 heterocycles. The lowest BCUT2D eigenvalue weighted by molar-refractivity contribution is -0.139. The zero-order chi connectivity index (χ0) is 18.0. The van der Waals surface area contributed by atoms with Crippen LogP contribution in [0.5, 0.6) is 0 Å². The predicted molar refractivity (Wildman–Crippen MR) is 97.3 cm³/mol. The third-order valence-electron chi connectivity index (χ3n) is 5.89. The molecule has 4 heteroatoms. The molecular weight excluding hydrogens is 314 g/mol. The Bertz CT molecular complexity index is 627. The van der Waals surface area contributed by atoms with E-state index >= 15 is 0 Å². The number of aryl methyl sites for hydroxylation is 1. The molecule has 1 spiro atoms. The average Bonchev–Trinajstić information content (AvgIpc) is 3.28. The highest BCUT2D eigenvalue weighted by Crippen LogP contribution is 2.59. The molecule has 0 bridgehead atoms. The summed E-state index contributed by atoms with van der Waals surface area (Å²) in [5.41, 5.74) is 2.56. The molecule has 1 saturated carbocycles. The summed E-state index contributed by atoms with van der Waals surface area (Å²) >= 11 is 0. The SMILES string of the molecule is CC(C)Cc1ccc(CCC(=O)N2CCC3(CC2)CC3C(=O)O)cc1. The second-order valence-corrected chi connectivity index (χ2v) is 8.25. The van der Waals surface area contributed by atoms with Gasteiger partial charge < -0.3 is 10.0 Å². The van der Waals surface area contributed by atoms with Gasteiger partial charge in [-0.25, -0.2) is 0 Å². The molecule has 2 fully saturated rings. The summed E-state index contributed by atoms with van der Waals surface area (Å²) in [4.78, 5) is 25.5. The number of aliphatic carboxylic acids is 1. The maximum absolute atomic E-state index is 12.4. The maximum atomic E-state index is 12.4. The molecule has 1 aliphatic carbocycles. The molecule has 0 radical (unpaired) electrons. The minimum absolute atomic E-state index is 0.00510. The van der Waals surface area contributed by atoms with E-state index in [0.29, 0.717) is 12.3 Å². The number of carbonyl (C=O) groups is 2. The summed E-state index contributed by atoms with van der Waals surface area (Å²) in [5.74, 6) is 0.0189. The first-order valence-electron chi connectivity index (χ1n) is 9.48. The highest BCUT2D eigenvalue weighted by Gasteiger charge is 2.59. The molecule has 1 saturated heterocycles. The van der Waals surface area contributed by atoms with Crippen LogP contribution in [0.3, 0.4) is 0 Å². The number of benzene rings is 1.